The van der Waals surface area contributed by atoms with Crippen molar-refractivity contribution < 1.29 is 14.6 Å². The number of ether oxygens (including phenoxy) is 1. The van der Waals surface area contributed by atoms with Gasteiger partial charge in [-0.1, -0.05) is 11.8 Å². The molecule has 1 aromatic heterocycles. The Bertz CT molecular complexity index is 444. The van der Waals surface area contributed by atoms with E-state index in [1.807, 2.05) is 11.4 Å². The maximum Gasteiger partial charge on any atom is 0.410 e. The average molecular weight is 237 g/mol. The molecule has 0 aromatic carbocycles. The number of rotatable bonds is 2. The topological polar surface area (TPSA) is 49.8 Å². The van der Waals surface area contributed by atoms with Crippen LogP contribution in [-0.2, 0) is 11.3 Å². The molecule has 1 N–H and O–H groups in total. The molecule has 1 fully saturated rings. The lowest BCUT2D eigenvalue weighted by molar-refractivity contribution is 0.157. The molecule has 1 aliphatic heterocycles. The second kappa shape index (κ2) is 5.01. The molecule has 0 bridgehead atoms. The monoisotopic (exact) mass is 237 g/mol. The highest BCUT2D eigenvalue weighted by atomic mass is 32.1. The van der Waals surface area contributed by atoms with E-state index in [4.69, 9.17) is 9.84 Å². The first-order chi connectivity index (χ1) is 7.79. The molecule has 0 radical (unpaired) electrons. The first-order valence-corrected chi connectivity index (χ1v) is 5.76. The van der Waals surface area contributed by atoms with E-state index in [2.05, 4.69) is 11.8 Å². The van der Waals surface area contributed by atoms with E-state index in [-0.39, 0.29) is 12.7 Å². The predicted octanol–water partition coefficient (Wildman–Crippen LogP) is 1.04. The molecule has 1 amide bonds. The van der Waals surface area contributed by atoms with Crippen LogP contribution in [0, 0.1) is 11.8 Å². The fraction of sp³-hybridized carbons (Fsp3) is 0.364. The Morgan fingerprint density at radius 1 is 1.62 bits per heavy atom. The third-order valence-electron chi connectivity index (χ3n) is 2.16. The highest BCUT2D eigenvalue weighted by molar-refractivity contribution is 7.10. The number of carbonyl (C=O) groups excluding carboxylic acids is 1. The van der Waals surface area contributed by atoms with Gasteiger partial charge in [-0.3, -0.25) is 4.90 Å². The number of aliphatic hydroxyl groups is 1. The predicted molar refractivity (Wildman–Crippen MR) is 60.0 cm³/mol. The molecule has 16 heavy (non-hydrogen) atoms. The lowest BCUT2D eigenvalue weighted by Crippen LogP contribution is -2.22. The van der Waals surface area contributed by atoms with Crippen molar-refractivity contribution in [2.45, 2.75) is 6.54 Å². The molecular formula is C11H11NO3S. The summed E-state index contributed by atoms with van der Waals surface area (Å²) < 4.78 is 4.84. The van der Waals surface area contributed by atoms with Gasteiger partial charge in [0, 0.05) is 15.8 Å². The van der Waals surface area contributed by atoms with Gasteiger partial charge < -0.3 is 9.84 Å². The standard InChI is InChI=1S/C11H11NO3S/c13-4-1-2-9-6-10(16-8-9)7-12-3-5-15-11(12)14/h6,8,13H,3-5,7H2. The van der Waals surface area contributed by atoms with Crippen LogP contribution < -0.4 is 0 Å². The molecule has 5 heteroatoms. The molecule has 2 rings (SSSR count). The van der Waals surface area contributed by atoms with Crippen molar-refractivity contribution in [2.75, 3.05) is 19.8 Å². The van der Waals surface area contributed by atoms with Gasteiger partial charge in [-0.15, -0.1) is 11.3 Å². The van der Waals surface area contributed by atoms with Gasteiger partial charge in [-0.2, -0.15) is 0 Å². The van der Waals surface area contributed by atoms with Crippen LogP contribution in [0.4, 0.5) is 4.79 Å². The highest BCUT2D eigenvalue weighted by Crippen LogP contribution is 2.18. The van der Waals surface area contributed by atoms with Crippen molar-refractivity contribution in [3.63, 3.8) is 0 Å². The lowest BCUT2D eigenvalue weighted by atomic mass is 10.3. The summed E-state index contributed by atoms with van der Waals surface area (Å²) in [5.41, 5.74) is 0.876. The Labute approximate surface area is 97.4 Å². The third kappa shape index (κ3) is 2.54. The van der Waals surface area contributed by atoms with E-state index in [1.165, 1.54) is 0 Å². The number of thiophene rings is 1. The van der Waals surface area contributed by atoms with E-state index in [0.29, 0.717) is 19.7 Å². The summed E-state index contributed by atoms with van der Waals surface area (Å²) in [5.74, 6) is 5.41. The fourth-order valence-electron chi connectivity index (χ4n) is 1.43. The quantitative estimate of drug-likeness (QED) is 0.782. The Morgan fingerprint density at radius 2 is 2.50 bits per heavy atom. The minimum atomic E-state index is -0.253. The molecule has 2 heterocycles. The molecule has 0 atom stereocenters. The molecule has 0 unspecified atom stereocenters. The summed E-state index contributed by atoms with van der Waals surface area (Å²) in [4.78, 5) is 13.9. The molecule has 1 saturated heterocycles. The number of amides is 1. The van der Waals surface area contributed by atoms with Crippen LogP contribution >= 0.6 is 11.3 Å². The largest absolute Gasteiger partial charge is 0.448 e. The van der Waals surface area contributed by atoms with E-state index in [1.54, 1.807) is 16.2 Å². The van der Waals surface area contributed by atoms with Crippen molar-refractivity contribution in [2.24, 2.45) is 0 Å². The zero-order valence-electron chi connectivity index (χ0n) is 8.60. The van der Waals surface area contributed by atoms with Crippen LogP contribution in [0.5, 0.6) is 0 Å². The fourth-order valence-corrected chi connectivity index (χ4v) is 2.26. The summed E-state index contributed by atoms with van der Waals surface area (Å²) >= 11 is 1.56. The molecule has 4 nitrogen and oxygen atoms in total. The smallest absolute Gasteiger partial charge is 0.410 e. The van der Waals surface area contributed by atoms with Crippen molar-refractivity contribution in [1.29, 1.82) is 0 Å². The number of cyclic esters (lactones) is 1. The number of nitrogens with zero attached hydrogens (tertiary/aromatic N) is 1. The summed E-state index contributed by atoms with van der Waals surface area (Å²) in [5, 5.41) is 10.5. The number of hydrogen-bond acceptors (Lipinski definition) is 4. The first kappa shape index (κ1) is 11.0. The minimum Gasteiger partial charge on any atom is -0.448 e. The van der Waals surface area contributed by atoms with Crippen LogP contribution in [-0.4, -0.2) is 35.9 Å². The first-order valence-electron chi connectivity index (χ1n) is 4.88. The van der Waals surface area contributed by atoms with Gasteiger partial charge in [0.25, 0.3) is 0 Å². The van der Waals surface area contributed by atoms with Gasteiger partial charge in [0.15, 0.2) is 0 Å². The van der Waals surface area contributed by atoms with E-state index < -0.39 is 0 Å². The van der Waals surface area contributed by atoms with Crippen LogP contribution in [0.25, 0.3) is 0 Å². The SMILES string of the molecule is O=C1OCCN1Cc1cc(C#CCO)cs1. The van der Waals surface area contributed by atoms with Gasteiger partial charge in [-0.25, -0.2) is 4.79 Å². The van der Waals surface area contributed by atoms with Gasteiger partial charge in [-0.05, 0) is 6.07 Å². The highest BCUT2D eigenvalue weighted by Gasteiger charge is 2.22. The zero-order chi connectivity index (χ0) is 11.4. The van der Waals surface area contributed by atoms with Crippen molar-refractivity contribution in [3.8, 4) is 11.8 Å². The van der Waals surface area contributed by atoms with Gasteiger partial charge in [0.2, 0.25) is 0 Å². The zero-order valence-corrected chi connectivity index (χ0v) is 9.42. The molecule has 1 aromatic rings. The summed E-state index contributed by atoms with van der Waals surface area (Å²) in [7, 11) is 0. The second-order valence-corrected chi connectivity index (χ2v) is 4.29. The van der Waals surface area contributed by atoms with Gasteiger partial charge in [0.05, 0.1) is 13.1 Å². The molecule has 0 saturated carbocycles. The summed E-state index contributed by atoms with van der Waals surface area (Å²) in [6, 6.07) is 1.93. The van der Waals surface area contributed by atoms with Crippen LogP contribution in [0.3, 0.4) is 0 Å². The maximum atomic E-state index is 11.2. The van der Waals surface area contributed by atoms with Gasteiger partial charge in [0.1, 0.15) is 13.2 Å². The van der Waals surface area contributed by atoms with Crippen LogP contribution in [0.2, 0.25) is 0 Å². The average Bonchev–Trinajstić information content (AvgIpc) is 2.87. The number of hydrogen-bond donors (Lipinski definition) is 1. The lowest BCUT2D eigenvalue weighted by Gasteiger charge is -2.09. The Hall–Kier alpha value is -1.51. The molecule has 1 aliphatic rings. The summed E-state index contributed by atoms with van der Waals surface area (Å²) in [6.45, 7) is 1.56. The van der Waals surface area contributed by atoms with Crippen LogP contribution in [0.15, 0.2) is 11.4 Å². The second-order valence-electron chi connectivity index (χ2n) is 3.30. The third-order valence-corrected chi connectivity index (χ3v) is 3.08. The Morgan fingerprint density at radius 3 is 3.19 bits per heavy atom. The van der Waals surface area contributed by atoms with E-state index in [0.717, 1.165) is 10.4 Å². The molecule has 0 aliphatic carbocycles. The minimum absolute atomic E-state index is 0.135. The number of aliphatic hydroxyl groups excluding tert-OH is 1. The summed E-state index contributed by atoms with van der Waals surface area (Å²) in [6.07, 6.45) is -0.253. The van der Waals surface area contributed by atoms with E-state index in [9.17, 15) is 4.79 Å². The Balaban J connectivity index is 1.99. The normalized spacial score (nSPS) is 14.6. The van der Waals surface area contributed by atoms with Crippen LogP contribution in [0.1, 0.15) is 10.4 Å². The molecular weight excluding hydrogens is 226 g/mol. The van der Waals surface area contributed by atoms with E-state index >= 15 is 0 Å². The Kier molecular flexibility index (Phi) is 3.44. The van der Waals surface area contributed by atoms with Crippen molar-refractivity contribution in [1.82, 2.24) is 4.90 Å². The van der Waals surface area contributed by atoms with Gasteiger partial charge >= 0.3 is 6.09 Å². The number of carbonyl (C=O) groups is 1. The molecule has 0 spiro atoms. The molecule has 84 valence electrons. The maximum absolute atomic E-state index is 11.2. The van der Waals surface area contributed by atoms with Crippen molar-refractivity contribution >= 4 is 17.4 Å². The van der Waals surface area contributed by atoms with Crippen molar-refractivity contribution in [3.05, 3.63) is 21.9 Å².